The molecule has 3 aromatic carbocycles. The van der Waals surface area contributed by atoms with Crippen LogP contribution in [0.1, 0.15) is 33.9 Å². The molecule has 10 heteroatoms. The van der Waals surface area contributed by atoms with Gasteiger partial charge in [-0.05, 0) is 49.6 Å². The molecule has 6 rings (SSSR count). The molecular weight excluding hydrogens is 564 g/mol. The first-order chi connectivity index (χ1) is 20.9. The lowest BCUT2D eigenvalue weighted by molar-refractivity contribution is -0.122. The zero-order valence-electron chi connectivity index (χ0n) is 24.5. The number of carbonyl (C=O) groups is 2. The van der Waals surface area contributed by atoms with Gasteiger partial charge in [0.05, 0.1) is 22.4 Å². The molecule has 1 atom stereocenters. The number of rotatable bonds is 9. The fourth-order valence-corrected chi connectivity index (χ4v) is 6.71. The van der Waals surface area contributed by atoms with Crippen LogP contribution in [0.2, 0.25) is 0 Å². The summed E-state index contributed by atoms with van der Waals surface area (Å²) in [6.45, 7) is 5.13. The van der Waals surface area contributed by atoms with Gasteiger partial charge in [-0.1, -0.05) is 54.1 Å². The molecule has 4 aromatic rings. The van der Waals surface area contributed by atoms with Gasteiger partial charge in [-0.2, -0.15) is 5.10 Å². The van der Waals surface area contributed by atoms with Crippen molar-refractivity contribution in [1.29, 1.82) is 0 Å². The topological polar surface area (TPSA) is 94.9 Å². The van der Waals surface area contributed by atoms with Gasteiger partial charge >= 0.3 is 0 Å². The molecule has 0 saturated heterocycles. The van der Waals surface area contributed by atoms with Crippen LogP contribution in [0.4, 0.5) is 5.82 Å². The van der Waals surface area contributed by atoms with Crippen LogP contribution in [0.15, 0.2) is 66.7 Å². The highest BCUT2D eigenvalue weighted by molar-refractivity contribution is 8.00. The van der Waals surface area contributed by atoms with Gasteiger partial charge in [0, 0.05) is 31.4 Å². The summed E-state index contributed by atoms with van der Waals surface area (Å²) in [6.07, 6.45) is 0.683. The minimum atomic E-state index is -0.266. The fourth-order valence-electron chi connectivity index (χ4n) is 5.52. The molecule has 0 spiro atoms. The number of aryl methyl sites for hydroxylation is 2. The van der Waals surface area contributed by atoms with E-state index < -0.39 is 0 Å². The molecule has 0 saturated carbocycles. The molecule has 0 fully saturated rings. The lowest BCUT2D eigenvalue weighted by Crippen LogP contribution is -2.42. The number of anilines is 1. The Labute approximate surface area is 255 Å². The molecule has 43 heavy (non-hydrogen) atoms. The highest BCUT2D eigenvalue weighted by Crippen LogP contribution is 2.50. The van der Waals surface area contributed by atoms with E-state index in [1.807, 2.05) is 79.2 Å². The third-order valence-corrected chi connectivity index (χ3v) is 8.82. The van der Waals surface area contributed by atoms with Gasteiger partial charge in [0.1, 0.15) is 12.4 Å². The van der Waals surface area contributed by atoms with Crippen molar-refractivity contribution in [3.8, 4) is 28.4 Å². The van der Waals surface area contributed by atoms with Gasteiger partial charge in [0.25, 0.3) is 0 Å². The third kappa shape index (κ3) is 5.85. The van der Waals surface area contributed by atoms with E-state index in [0.29, 0.717) is 36.9 Å². The van der Waals surface area contributed by atoms with Crippen LogP contribution in [0.25, 0.3) is 16.9 Å². The van der Waals surface area contributed by atoms with E-state index in [9.17, 15) is 9.59 Å². The van der Waals surface area contributed by atoms with E-state index in [4.69, 9.17) is 19.3 Å². The second-order valence-corrected chi connectivity index (χ2v) is 11.7. The van der Waals surface area contributed by atoms with Crippen LogP contribution < -0.4 is 19.7 Å². The van der Waals surface area contributed by atoms with Crippen molar-refractivity contribution < 1.29 is 23.8 Å². The van der Waals surface area contributed by atoms with E-state index in [-0.39, 0.29) is 36.2 Å². The third-order valence-electron chi connectivity index (χ3n) is 7.57. The average Bonchev–Trinajstić information content (AvgIpc) is 3.60. The Balaban J connectivity index is 1.55. The van der Waals surface area contributed by atoms with Crippen molar-refractivity contribution >= 4 is 29.4 Å². The van der Waals surface area contributed by atoms with Crippen molar-refractivity contribution in [3.63, 3.8) is 0 Å². The molecule has 222 valence electrons. The van der Waals surface area contributed by atoms with Crippen LogP contribution in [0.3, 0.4) is 0 Å². The van der Waals surface area contributed by atoms with E-state index in [1.165, 1.54) is 11.8 Å². The van der Waals surface area contributed by atoms with Crippen molar-refractivity contribution in [3.05, 3.63) is 89.0 Å². The number of hydrogen-bond donors (Lipinski definition) is 1. The van der Waals surface area contributed by atoms with Crippen molar-refractivity contribution in [1.82, 2.24) is 15.1 Å². The zero-order valence-corrected chi connectivity index (χ0v) is 25.3. The monoisotopic (exact) mass is 598 g/mol. The number of thioether (sulfide) groups is 1. The van der Waals surface area contributed by atoms with Gasteiger partial charge in [-0.25, -0.2) is 4.68 Å². The first-order valence-corrected chi connectivity index (χ1v) is 15.3. The Kier molecular flexibility index (Phi) is 8.40. The Hall–Kier alpha value is -4.28. The summed E-state index contributed by atoms with van der Waals surface area (Å²) >= 11 is 1.52. The number of benzene rings is 3. The molecule has 0 unspecified atom stereocenters. The number of amides is 2. The molecule has 0 aliphatic carbocycles. The normalized spacial score (nSPS) is 15.7. The van der Waals surface area contributed by atoms with Crippen molar-refractivity contribution in [2.24, 2.45) is 0 Å². The number of aromatic nitrogens is 2. The number of carbonyl (C=O) groups excluding carboxylic acids is 2. The molecule has 2 aliphatic rings. The minimum absolute atomic E-state index is 0.127. The summed E-state index contributed by atoms with van der Waals surface area (Å²) in [5, 5.41) is 7.88. The number of methoxy groups -OCH3 is 1. The summed E-state index contributed by atoms with van der Waals surface area (Å²) in [5.74, 6) is 1.75. The molecule has 2 amide bonds. The Morgan fingerprint density at radius 1 is 1.07 bits per heavy atom. The Morgan fingerprint density at radius 2 is 1.88 bits per heavy atom. The Morgan fingerprint density at radius 3 is 2.67 bits per heavy atom. The molecule has 1 aromatic heterocycles. The molecule has 0 bridgehead atoms. The first-order valence-electron chi connectivity index (χ1n) is 14.3. The summed E-state index contributed by atoms with van der Waals surface area (Å²) in [5.41, 5.74) is 6.49. The Bertz CT molecular complexity index is 1650. The average molecular weight is 599 g/mol. The lowest BCUT2D eigenvalue weighted by Gasteiger charge is -2.24. The van der Waals surface area contributed by atoms with Gasteiger partial charge in [-0.3, -0.25) is 14.5 Å². The predicted octanol–water partition coefficient (Wildman–Crippen LogP) is 5.21. The quantitative estimate of drug-likeness (QED) is 0.265. The maximum Gasteiger partial charge on any atom is 0.240 e. The largest absolute Gasteiger partial charge is 0.454 e. The minimum Gasteiger partial charge on any atom is -0.454 e. The summed E-state index contributed by atoms with van der Waals surface area (Å²) in [7, 11) is 1.63. The molecular formula is C33H34N4O5S. The number of hydrogen-bond acceptors (Lipinski definition) is 7. The molecule has 3 heterocycles. The summed E-state index contributed by atoms with van der Waals surface area (Å²) in [6, 6.07) is 22.0. The van der Waals surface area contributed by atoms with Gasteiger partial charge in [0.2, 0.25) is 18.6 Å². The second-order valence-electron chi connectivity index (χ2n) is 10.6. The lowest BCUT2D eigenvalue weighted by atomic mass is 9.99. The van der Waals surface area contributed by atoms with Crippen LogP contribution in [0, 0.1) is 13.8 Å². The molecule has 9 nitrogen and oxygen atoms in total. The zero-order chi connectivity index (χ0) is 29.9. The van der Waals surface area contributed by atoms with E-state index in [2.05, 4.69) is 11.4 Å². The highest BCUT2D eigenvalue weighted by atomic mass is 32.2. The van der Waals surface area contributed by atoms with Gasteiger partial charge in [0.15, 0.2) is 11.5 Å². The van der Waals surface area contributed by atoms with E-state index >= 15 is 0 Å². The number of fused-ring (bicyclic) bond motifs is 2. The smallest absolute Gasteiger partial charge is 0.240 e. The predicted molar refractivity (Wildman–Crippen MR) is 167 cm³/mol. The number of ether oxygens (including phenoxy) is 3. The number of nitrogens with one attached hydrogen (secondary N) is 1. The van der Waals surface area contributed by atoms with Crippen LogP contribution in [-0.2, 0) is 14.3 Å². The summed E-state index contributed by atoms with van der Waals surface area (Å²) in [4.78, 5) is 28.8. The first kappa shape index (κ1) is 28.8. The SMILES string of the molecule is COCCCNC(=O)CN1C(=O)CS[C@@H](c2ccc3c(c2)OCO3)c2c(-c3ccccc3)nn(-c3ccc(C)cc3C)c21. The molecule has 1 N–H and O–H groups in total. The highest BCUT2D eigenvalue weighted by Gasteiger charge is 2.38. The maximum absolute atomic E-state index is 13.9. The second kappa shape index (κ2) is 12.5. The van der Waals surface area contributed by atoms with Crippen LogP contribution >= 0.6 is 11.8 Å². The van der Waals surface area contributed by atoms with E-state index in [0.717, 1.165) is 39.2 Å². The summed E-state index contributed by atoms with van der Waals surface area (Å²) < 4.78 is 18.3. The van der Waals surface area contributed by atoms with Crippen LogP contribution in [-0.4, -0.2) is 60.9 Å². The number of nitrogens with zero attached hydrogens (tertiary/aromatic N) is 3. The van der Waals surface area contributed by atoms with Crippen molar-refractivity contribution in [2.45, 2.75) is 25.5 Å². The maximum atomic E-state index is 13.9. The fraction of sp³-hybridized carbons (Fsp3) is 0.303. The standard InChI is InChI=1S/C33H34N4O5S/c1-21-10-12-25(22(2)16-21)37-33-30(31(35-37)23-8-5-4-6-9-23)32(24-11-13-26-27(17-24)42-20-41-26)43-19-29(39)36(33)18-28(38)34-14-7-15-40-3/h4-6,8-13,16-17,32H,7,14-15,18-20H2,1-3H3,(H,34,38)/t32-/m0/s1. The molecule has 0 radical (unpaired) electrons. The molecule has 2 aliphatic heterocycles. The van der Waals surface area contributed by atoms with Gasteiger partial charge < -0.3 is 19.5 Å². The van der Waals surface area contributed by atoms with E-state index in [1.54, 1.807) is 12.0 Å². The van der Waals surface area contributed by atoms with Crippen LogP contribution in [0.5, 0.6) is 11.5 Å². The van der Waals surface area contributed by atoms with Crippen molar-refractivity contribution in [2.75, 3.05) is 44.3 Å². The van der Waals surface area contributed by atoms with Gasteiger partial charge in [-0.15, -0.1) is 11.8 Å².